The molecule has 0 aliphatic carbocycles. The van der Waals surface area contributed by atoms with Crippen LogP contribution in [0.3, 0.4) is 0 Å². The van der Waals surface area contributed by atoms with Gasteiger partial charge in [0.15, 0.2) is 0 Å². The van der Waals surface area contributed by atoms with Crippen molar-refractivity contribution in [3.05, 3.63) is 0 Å². The van der Waals surface area contributed by atoms with Crippen LogP contribution in [0.15, 0.2) is 0 Å². The summed E-state index contributed by atoms with van der Waals surface area (Å²) >= 11 is 0. The van der Waals surface area contributed by atoms with E-state index in [4.69, 9.17) is 0 Å². The average Bonchev–Trinajstić information content (AvgIpc) is 2.72. The summed E-state index contributed by atoms with van der Waals surface area (Å²) in [4.78, 5) is 16.8. The van der Waals surface area contributed by atoms with Crippen molar-refractivity contribution in [1.82, 2.24) is 15.1 Å². The molecular weight excluding hydrogens is 274 g/mol. The molecule has 3 heterocycles. The third-order valence-electron chi connectivity index (χ3n) is 5.45. The molecule has 116 valence electrons. The predicted octanol–water partition coefficient (Wildman–Crippen LogP) is 1.35. The molecule has 0 radical (unpaired) electrons. The van der Waals surface area contributed by atoms with Gasteiger partial charge < -0.3 is 15.1 Å². The number of hydrogen-bond donors (Lipinski definition) is 1. The third kappa shape index (κ3) is 3.12. The Balaban J connectivity index is 0.00000147. The van der Waals surface area contributed by atoms with Crippen molar-refractivity contribution in [1.29, 1.82) is 0 Å². The molecule has 4 nitrogen and oxygen atoms in total. The summed E-state index contributed by atoms with van der Waals surface area (Å²) < 4.78 is 0. The fourth-order valence-electron chi connectivity index (χ4n) is 4.07. The van der Waals surface area contributed by atoms with E-state index in [-0.39, 0.29) is 17.8 Å². The Hall–Kier alpha value is -0.320. The van der Waals surface area contributed by atoms with Crippen molar-refractivity contribution in [2.24, 2.45) is 11.3 Å². The fourth-order valence-corrected chi connectivity index (χ4v) is 4.07. The third-order valence-corrected chi connectivity index (χ3v) is 5.45. The Morgan fingerprint density at radius 2 is 1.95 bits per heavy atom. The van der Waals surface area contributed by atoms with Crippen LogP contribution in [0.4, 0.5) is 0 Å². The maximum atomic E-state index is 12.3. The van der Waals surface area contributed by atoms with Crippen LogP contribution >= 0.6 is 12.4 Å². The lowest BCUT2D eigenvalue weighted by Gasteiger charge is -2.39. The molecule has 3 aliphatic heterocycles. The van der Waals surface area contributed by atoms with Gasteiger partial charge in [-0.2, -0.15) is 0 Å². The van der Waals surface area contributed by atoms with Gasteiger partial charge in [0.05, 0.1) is 5.41 Å². The summed E-state index contributed by atoms with van der Waals surface area (Å²) in [6.07, 6.45) is 5.94. The number of rotatable bonds is 2. The van der Waals surface area contributed by atoms with E-state index in [1.165, 1.54) is 32.5 Å². The fraction of sp³-hybridized carbons (Fsp3) is 0.933. The van der Waals surface area contributed by atoms with Gasteiger partial charge in [-0.25, -0.2) is 0 Å². The lowest BCUT2D eigenvalue weighted by molar-refractivity contribution is -0.137. The first kappa shape index (κ1) is 16.1. The van der Waals surface area contributed by atoms with Crippen molar-refractivity contribution >= 4 is 18.3 Å². The number of piperidine rings is 2. The van der Waals surface area contributed by atoms with Gasteiger partial charge in [-0.05, 0) is 64.2 Å². The lowest BCUT2D eigenvalue weighted by Crippen LogP contribution is -2.47. The molecule has 0 saturated carbocycles. The highest BCUT2D eigenvalue weighted by atomic mass is 35.5. The number of halogens is 1. The summed E-state index contributed by atoms with van der Waals surface area (Å²) in [5, 5.41) is 3.50. The van der Waals surface area contributed by atoms with Crippen molar-refractivity contribution in [3.63, 3.8) is 0 Å². The van der Waals surface area contributed by atoms with E-state index in [2.05, 4.69) is 10.2 Å². The highest BCUT2D eigenvalue weighted by molar-refractivity contribution is 5.85. The van der Waals surface area contributed by atoms with Crippen molar-refractivity contribution in [2.75, 3.05) is 46.3 Å². The second kappa shape index (κ2) is 6.63. The quantitative estimate of drug-likeness (QED) is 0.836. The van der Waals surface area contributed by atoms with E-state index < -0.39 is 0 Å². The Labute approximate surface area is 128 Å². The maximum absolute atomic E-state index is 12.3. The Morgan fingerprint density at radius 3 is 2.50 bits per heavy atom. The maximum Gasteiger partial charge on any atom is 0.228 e. The molecule has 0 aromatic carbocycles. The van der Waals surface area contributed by atoms with Gasteiger partial charge in [0.25, 0.3) is 0 Å². The number of carbonyl (C=O) groups is 1. The molecule has 3 aliphatic rings. The highest BCUT2D eigenvalue weighted by Crippen LogP contribution is 2.41. The molecule has 1 amide bonds. The van der Waals surface area contributed by atoms with E-state index >= 15 is 0 Å². The number of hydrogen-bond acceptors (Lipinski definition) is 3. The zero-order valence-electron chi connectivity index (χ0n) is 12.6. The largest absolute Gasteiger partial charge is 0.345 e. The topological polar surface area (TPSA) is 35.6 Å². The Morgan fingerprint density at radius 1 is 1.25 bits per heavy atom. The molecule has 0 aromatic heterocycles. The first-order chi connectivity index (χ1) is 9.20. The number of amides is 1. The summed E-state index contributed by atoms with van der Waals surface area (Å²) in [5.74, 6) is 1.23. The number of nitrogens with zero attached hydrogens (tertiary/aromatic N) is 2. The van der Waals surface area contributed by atoms with E-state index in [9.17, 15) is 4.79 Å². The molecular formula is C15H28ClN3O. The molecule has 20 heavy (non-hydrogen) atoms. The lowest BCUT2D eigenvalue weighted by atomic mass is 9.77. The van der Waals surface area contributed by atoms with Gasteiger partial charge in [0.2, 0.25) is 5.91 Å². The summed E-state index contributed by atoms with van der Waals surface area (Å²) in [7, 11) is 1.96. The zero-order chi connectivity index (χ0) is 13.3. The van der Waals surface area contributed by atoms with Crippen LogP contribution in [-0.2, 0) is 4.79 Å². The van der Waals surface area contributed by atoms with Gasteiger partial charge in [-0.3, -0.25) is 4.79 Å². The molecule has 3 rings (SSSR count). The van der Waals surface area contributed by atoms with Crippen molar-refractivity contribution in [3.8, 4) is 0 Å². The molecule has 1 unspecified atom stereocenters. The first-order valence-electron chi connectivity index (χ1n) is 7.88. The molecule has 1 spiro atoms. The van der Waals surface area contributed by atoms with Gasteiger partial charge in [0, 0.05) is 20.1 Å². The van der Waals surface area contributed by atoms with Crippen LogP contribution in [0.2, 0.25) is 0 Å². The minimum Gasteiger partial charge on any atom is -0.345 e. The van der Waals surface area contributed by atoms with Crippen molar-refractivity contribution in [2.45, 2.75) is 32.1 Å². The van der Waals surface area contributed by atoms with E-state index in [0.717, 1.165) is 44.8 Å². The van der Waals surface area contributed by atoms with E-state index in [0.29, 0.717) is 5.91 Å². The smallest absolute Gasteiger partial charge is 0.228 e. The summed E-state index contributed by atoms with van der Waals surface area (Å²) in [5.41, 5.74) is 0.00998. The monoisotopic (exact) mass is 301 g/mol. The van der Waals surface area contributed by atoms with Gasteiger partial charge in [-0.1, -0.05) is 0 Å². The van der Waals surface area contributed by atoms with Crippen LogP contribution in [0.1, 0.15) is 32.1 Å². The van der Waals surface area contributed by atoms with Crippen LogP contribution in [0, 0.1) is 11.3 Å². The molecule has 0 bridgehead atoms. The molecule has 0 aromatic rings. The molecule has 1 N–H and O–H groups in total. The zero-order valence-corrected chi connectivity index (χ0v) is 13.4. The Kier molecular flexibility index (Phi) is 5.32. The number of carbonyl (C=O) groups excluding carboxylic acids is 1. The van der Waals surface area contributed by atoms with E-state index in [1.54, 1.807) is 0 Å². The minimum atomic E-state index is 0. The second-order valence-electron chi connectivity index (χ2n) is 6.77. The second-order valence-corrected chi connectivity index (χ2v) is 6.77. The predicted molar refractivity (Wildman–Crippen MR) is 83.2 cm³/mol. The summed E-state index contributed by atoms with van der Waals surface area (Å²) in [6.45, 7) is 6.81. The molecule has 3 saturated heterocycles. The van der Waals surface area contributed by atoms with Gasteiger partial charge in [-0.15, -0.1) is 12.4 Å². The molecule has 1 atom stereocenters. The normalized spacial score (nSPS) is 30.6. The van der Waals surface area contributed by atoms with Gasteiger partial charge in [0.1, 0.15) is 0 Å². The van der Waals surface area contributed by atoms with E-state index in [1.807, 2.05) is 11.9 Å². The van der Waals surface area contributed by atoms with Crippen LogP contribution < -0.4 is 5.32 Å². The SMILES string of the molecule is CN1CCC2(CCN(CC3CCCNC3)CC2)C1=O.Cl. The highest BCUT2D eigenvalue weighted by Gasteiger charge is 2.46. The summed E-state index contributed by atoms with van der Waals surface area (Å²) in [6, 6.07) is 0. The molecule has 3 fully saturated rings. The molecule has 5 heteroatoms. The van der Waals surface area contributed by atoms with Crippen molar-refractivity contribution < 1.29 is 4.79 Å². The minimum absolute atomic E-state index is 0. The number of nitrogens with one attached hydrogen (secondary N) is 1. The average molecular weight is 302 g/mol. The van der Waals surface area contributed by atoms with Crippen LogP contribution in [-0.4, -0.2) is 62.0 Å². The number of likely N-dealkylation sites (tertiary alicyclic amines) is 2. The standard InChI is InChI=1S/C15H27N3O.ClH/c1-17-8-4-15(14(17)19)5-9-18(10-6-15)12-13-3-2-7-16-11-13;/h13,16H,2-12H2,1H3;1H. The van der Waals surface area contributed by atoms with Crippen LogP contribution in [0.25, 0.3) is 0 Å². The van der Waals surface area contributed by atoms with Gasteiger partial charge >= 0.3 is 0 Å². The van der Waals surface area contributed by atoms with Crippen LogP contribution in [0.5, 0.6) is 0 Å². The Bertz CT molecular complexity index is 336. The first-order valence-corrected chi connectivity index (χ1v) is 7.88.